The molecule has 2 aromatic carbocycles. The molecule has 0 aliphatic rings. The second-order valence-electron chi connectivity index (χ2n) is 4.85. The van der Waals surface area contributed by atoms with Gasteiger partial charge in [-0.05, 0) is 42.8 Å². The Kier molecular flexibility index (Phi) is 3.78. The SMILES string of the molecule is Cc1cc(Oc2c(CN)cnc3ccccc23)ccc1Cl. The number of aromatic nitrogens is 1. The maximum absolute atomic E-state index is 6.07. The van der Waals surface area contributed by atoms with Gasteiger partial charge in [0.05, 0.1) is 5.52 Å². The van der Waals surface area contributed by atoms with E-state index in [1.807, 2.05) is 49.4 Å². The highest BCUT2D eigenvalue weighted by Crippen LogP contribution is 2.33. The molecule has 0 unspecified atom stereocenters. The lowest BCUT2D eigenvalue weighted by Crippen LogP contribution is -2.01. The number of hydrogen-bond donors (Lipinski definition) is 1. The number of para-hydroxylation sites is 1. The van der Waals surface area contributed by atoms with Gasteiger partial charge in [0.2, 0.25) is 0 Å². The monoisotopic (exact) mass is 298 g/mol. The van der Waals surface area contributed by atoms with Gasteiger partial charge in [0, 0.05) is 28.7 Å². The minimum absolute atomic E-state index is 0.375. The van der Waals surface area contributed by atoms with E-state index in [1.165, 1.54) is 0 Å². The van der Waals surface area contributed by atoms with Gasteiger partial charge in [-0.15, -0.1) is 0 Å². The normalized spacial score (nSPS) is 10.8. The van der Waals surface area contributed by atoms with E-state index in [0.717, 1.165) is 38.6 Å². The molecule has 0 fully saturated rings. The van der Waals surface area contributed by atoms with Crippen LogP contribution in [0.15, 0.2) is 48.7 Å². The minimum atomic E-state index is 0.375. The molecule has 0 amide bonds. The molecule has 0 spiro atoms. The molecule has 0 saturated carbocycles. The van der Waals surface area contributed by atoms with Crippen LogP contribution in [0.4, 0.5) is 0 Å². The van der Waals surface area contributed by atoms with Gasteiger partial charge in [0.25, 0.3) is 0 Å². The van der Waals surface area contributed by atoms with Crippen molar-refractivity contribution >= 4 is 22.5 Å². The van der Waals surface area contributed by atoms with Crippen molar-refractivity contribution in [3.63, 3.8) is 0 Å². The van der Waals surface area contributed by atoms with E-state index >= 15 is 0 Å². The first kappa shape index (κ1) is 13.9. The average Bonchev–Trinajstić information content (AvgIpc) is 2.51. The molecule has 0 atom stereocenters. The first-order valence-corrected chi connectivity index (χ1v) is 7.07. The lowest BCUT2D eigenvalue weighted by molar-refractivity contribution is 0.481. The molecule has 0 aliphatic heterocycles. The Bertz CT molecular complexity index is 802. The summed E-state index contributed by atoms with van der Waals surface area (Å²) < 4.78 is 6.07. The van der Waals surface area contributed by atoms with Crippen molar-refractivity contribution in [3.8, 4) is 11.5 Å². The fourth-order valence-corrected chi connectivity index (χ4v) is 2.34. The van der Waals surface area contributed by atoms with E-state index in [-0.39, 0.29) is 0 Å². The maximum atomic E-state index is 6.07. The Balaban J connectivity index is 2.11. The van der Waals surface area contributed by atoms with Gasteiger partial charge in [-0.2, -0.15) is 0 Å². The summed E-state index contributed by atoms with van der Waals surface area (Å²) in [7, 11) is 0. The number of aryl methyl sites for hydroxylation is 1. The van der Waals surface area contributed by atoms with Crippen LogP contribution >= 0.6 is 11.6 Å². The average molecular weight is 299 g/mol. The third-order valence-electron chi connectivity index (χ3n) is 3.37. The first-order chi connectivity index (χ1) is 10.2. The number of fused-ring (bicyclic) bond motifs is 1. The van der Waals surface area contributed by atoms with Gasteiger partial charge in [0.1, 0.15) is 11.5 Å². The highest BCUT2D eigenvalue weighted by atomic mass is 35.5. The van der Waals surface area contributed by atoms with Gasteiger partial charge in [-0.1, -0.05) is 23.7 Å². The highest BCUT2D eigenvalue weighted by molar-refractivity contribution is 6.31. The summed E-state index contributed by atoms with van der Waals surface area (Å²) in [5.41, 5.74) is 8.54. The van der Waals surface area contributed by atoms with Crippen LogP contribution in [0.1, 0.15) is 11.1 Å². The number of hydrogen-bond acceptors (Lipinski definition) is 3. The predicted molar refractivity (Wildman–Crippen MR) is 85.9 cm³/mol. The number of rotatable bonds is 3. The quantitative estimate of drug-likeness (QED) is 0.777. The molecule has 4 heteroatoms. The third kappa shape index (κ3) is 2.71. The predicted octanol–water partition coefficient (Wildman–Crippen LogP) is 4.45. The van der Waals surface area contributed by atoms with Gasteiger partial charge in [-0.25, -0.2) is 0 Å². The Morgan fingerprint density at radius 3 is 2.76 bits per heavy atom. The van der Waals surface area contributed by atoms with Crippen molar-refractivity contribution in [2.24, 2.45) is 5.73 Å². The van der Waals surface area contributed by atoms with E-state index in [1.54, 1.807) is 6.20 Å². The second-order valence-corrected chi connectivity index (χ2v) is 5.25. The number of nitrogens with zero attached hydrogens (tertiary/aromatic N) is 1. The molecule has 3 nitrogen and oxygen atoms in total. The first-order valence-electron chi connectivity index (χ1n) is 6.69. The molecular formula is C17H15ClN2O. The van der Waals surface area contributed by atoms with Crippen LogP contribution in [0.2, 0.25) is 5.02 Å². The number of halogens is 1. The Hall–Kier alpha value is -2.10. The molecule has 0 saturated heterocycles. The van der Waals surface area contributed by atoms with Crippen LogP contribution in [0.25, 0.3) is 10.9 Å². The molecule has 2 N–H and O–H groups in total. The van der Waals surface area contributed by atoms with Crippen LogP contribution in [-0.4, -0.2) is 4.98 Å². The van der Waals surface area contributed by atoms with Gasteiger partial charge >= 0.3 is 0 Å². The van der Waals surface area contributed by atoms with Crippen LogP contribution in [0.5, 0.6) is 11.5 Å². The minimum Gasteiger partial charge on any atom is -0.456 e. The molecule has 1 aromatic heterocycles. The molecule has 21 heavy (non-hydrogen) atoms. The lowest BCUT2D eigenvalue weighted by atomic mass is 10.1. The van der Waals surface area contributed by atoms with E-state index in [0.29, 0.717) is 6.54 Å². The molecule has 106 valence electrons. The molecule has 1 heterocycles. The summed E-state index contributed by atoms with van der Waals surface area (Å²) in [6.45, 7) is 2.32. The van der Waals surface area contributed by atoms with E-state index in [2.05, 4.69) is 4.98 Å². The van der Waals surface area contributed by atoms with E-state index in [4.69, 9.17) is 22.1 Å². The summed E-state index contributed by atoms with van der Waals surface area (Å²) in [5.74, 6) is 1.49. The zero-order valence-corrected chi connectivity index (χ0v) is 12.4. The second kappa shape index (κ2) is 5.72. The zero-order chi connectivity index (χ0) is 14.8. The highest BCUT2D eigenvalue weighted by Gasteiger charge is 2.10. The Morgan fingerprint density at radius 2 is 2.00 bits per heavy atom. The fourth-order valence-electron chi connectivity index (χ4n) is 2.22. The van der Waals surface area contributed by atoms with Gasteiger partial charge in [-0.3, -0.25) is 4.98 Å². The summed E-state index contributed by atoms with van der Waals surface area (Å²) in [6.07, 6.45) is 1.76. The zero-order valence-electron chi connectivity index (χ0n) is 11.6. The fraction of sp³-hybridized carbons (Fsp3) is 0.118. The Morgan fingerprint density at radius 1 is 1.19 bits per heavy atom. The summed E-state index contributed by atoms with van der Waals surface area (Å²) in [6, 6.07) is 13.5. The molecule has 0 radical (unpaired) electrons. The van der Waals surface area contributed by atoms with Crippen molar-refractivity contribution in [1.29, 1.82) is 0 Å². The van der Waals surface area contributed by atoms with Crippen LogP contribution in [0, 0.1) is 6.92 Å². The van der Waals surface area contributed by atoms with E-state index in [9.17, 15) is 0 Å². The van der Waals surface area contributed by atoms with E-state index < -0.39 is 0 Å². The number of pyridine rings is 1. The molecule has 3 rings (SSSR count). The van der Waals surface area contributed by atoms with Crippen molar-refractivity contribution in [1.82, 2.24) is 4.98 Å². The smallest absolute Gasteiger partial charge is 0.142 e. The van der Waals surface area contributed by atoms with Crippen molar-refractivity contribution in [2.45, 2.75) is 13.5 Å². The molecule has 3 aromatic rings. The molecule has 0 bridgehead atoms. The third-order valence-corrected chi connectivity index (χ3v) is 3.79. The number of nitrogens with two attached hydrogens (primary N) is 1. The number of benzene rings is 2. The largest absolute Gasteiger partial charge is 0.456 e. The van der Waals surface area contributed by atoms with Crippen molar-refractivity contribution < 1.29 is 4.74 Å². The van der Waals surface area contributed by atoms with Gasteiger partial charge in [0.15, 0.2) is 0 Å². The van der Waals surface area contributed by atoms with Crippen LogP contribution < -0.4 is 10.5 Å². The van der Waals surface area contributed by atoms with Crippen LogP contribution in [0.3, 0.4) is 0 Å². The van der Waals surface area contributed by atoms with Gasteiger partial charge < -0.3 is 10.5 Å². The standard InChI is InChI=1S/C17H15ClN2O/c1-11-8-13(6-7-15(11)18)21-17-12(9-19)10-20-16-5-3-2-4-14(16)17/h2-8,10H,9,19H2,1H3. The molecular weight excluding hydrogens is 284 g/mol. The van der Waals surface area contributed by atoms with Crippen LogP contribution in [-0.2, 0) is 6.54 Å². The molecule has 0 aliphatic carbocycles. The summed E-state index contributed by atoms with van der Waals surface area (Å²) >= 11 is 6.05. The number of ether oxygens (including phenoxy) is 1. The van der Waals surface area contributed by atoms with Crippen molar-refractivity contribution in [2.75, 3.05) is 0 Å². The summed E-state index contributed by atoms with van der Waals surface area (Å²) in [4.78, 5) is 4.40. The van der Waals surface area contributed by atoms with Crippen molar-refractivity contribution in [3.05, 3.63) is 64.8 Å². The lowest BCUT2D eigenvalue weighted by Gasteiger charge is -2.13. The Labute approximate surface area is 128 Å². The maximum Gasteiger partial charge on any atom is 0.142 e. The summed E-state index contributed by atoms with van der Waals surface area (Å²) in [5, 5.41) is 1.68. The topological polar surface area (TPSA) is 48.1 Å².